The number of aromatic nitrogens is 4. The van der Waals surface area contributed by atoms with Crippen molar-refractivity contribution in [3.8, 4) is 0 Å². The van der Waals surface area contributed by atoms with E-state index in [0.29, 0.717) is 22.4 Å². The van der Waals surface area contributed by atoms with Gasteiger partial charge in [0.25, 0.3) is 0 Å². The van der Waals surface area contributed by atoms with E-state index in [4.69, 9.17) is 0 Å². The Balaban J connectivity index is 1.54. The van der Waals surface area contributed by atoms with Gasteiger partial charge in [0.15, 0.2) is 6.04 Å². The topological polar surface area (TPSA) is 85.0 Å². The molecule has 1 saturated carbocycles. The first kappa shape index (κ1) is 23.7. The largest absolute Gasteiger partial charge is 0.352 e. The highest BCUT2D eigenvalue weighted by molar-refractivity contribution is 6.01. The van der Waals surface area contributed by atoms with E-state index in [1.165, 1.54) is 40.3 Å². The fourth-order valence-corrected chi connectivity index (χ4v) is 4.95. The first-order chi connectivity index (χ1) is 17.5. The van der Waals surface area contributed by atoms with E-state index in [-0.39, 0.29) is 24.4 Å². The maximum Gasteiger partial charge on any atom is 0.249 e. The summed E-state index contributed by atoms with van der Waals surface area (Å²) >= 11 is 0. The molecule has 2 aromatic heterocycles. The molecule has 0 radical (unpaired) electrons. The minimum atomic E-state index is -0.945. The number of anilines is 1. The molecule has 8 nitrogen and oxygen atoms in total. The number of carbonyl (C=O) groups is 2. The smallest absolute Gasteiger partial charge is 0.249 e. The van der Waals surface area contributed by atoms with Crippen LogP contribution < -0.4 is 10.2 Å². The summed E-state index contributed by atoms with van der Waals surface area (Å²) in [5, 5.41) is 11.5. The van der Waals surface area contributed by atoms with E-state index in [0.717, 1.165) is 25.7 Å². The molecule has 1 atom stereocenters. The van der Waals surface area contributed by atoms with Gasteiger partial charge < -0.3 is 9.88 Å². The Labute approximate surface area is 208 Å². The fraction of sp³-hybridized carbons (Fsp3) is 0.333. The van der Waals surface area contributed by atoms with Gasteiger partial charge in [-0.15, -0.1) is 5.10 Å². The predicted octanol–water partition coefficient (Wildman–Crippen LogP) is 4.13. The molecule has 0 bridgehead atoms. The van der Waals surface area contributed by atoms with Crippen molar-refractivity contribution in [1.29, 1.82) is 0 Å². The number of hydrogen-bond donors (Lipinski definition) is 1. The minimum Gasteiger partial charge on any atom is -0.352 e. The number of fused-ring (bicyclic) bond motifs is 1. The maximum absolute atomic E-state index is 13.9. The van der Waals surface area contributed by atoms with E-state index in [1.54, 1.807) is 0 Å². The van der Waals surface area contributed by atoms with Crippen LogP contribution in [0.1, 0.15) is 43.8 Å². The Morgan fingerprint density at radius 3 is 2.53 bits per heavy atom. The minimum absolute atomic E-state index is 0.0680. The summed E-state index contributed by atoms with van der Waals surface area (Å²) in [7, 11) is 1.84. The number of amides is 2. The Morgan fingerprint density at radius 1 is 1.06 bits per heavy atom. The first-order valence-corrected chi connectivity index (χ1v) is 12.3. The number of nitrogens with one attached hydrogen (secondary N) is 1. The normalized spacial score (nSPS) is 15.1. The van der Waals surface area contributed by atoms with Gasteiger partial charge in [0, 0.05) is 25.0 Å². The zero-order valence-corrected chi connectivity index (χ0v) is 20.2. The van der Waals surface area contributed by atoms with Gasteiger partial charge in [0.05, 0.1) is 11.2 Å². The highest BCUT2D eigenvalue weighted by atomic mass is 19.1. The molecule has 0 saturated heterocycles. The van der Waals surface area contributed by atoms with Crippen molar-refractivity contribution in [2.75, 3.05) is 4.90 Å². The third kappa shape index (κ3) is 4.86. The van der Waals surface area contributed by atoms with Gasteiger partial charge in [-0.25, -0.2) is 9.07 Å². The van der Waals surface area contributed by atoms with Crippen molar-refractivity contribution in [1.82, 2.24) is 24.9 Å². The van der Waals surface area contributed by atoms with Crippen LogP contribution in [0.5, 0.6) is 0 Å². The number of halogens is 1. The van der Waals surface area contributed by atoms with Crippen LogP contribution in [-0.2, 0) is 23.2 Å². The molecule has 9 heteroatoms. The van der Waals surface area contributed by atoms with E-state index in [2.05, 4.69) is 15.6 Å². The Hall–Kier alpha value is -4.01. The van der Waals surface area contributed by atoms with Crippen molar-refractivity contribution in [3.63, 3.8) is 0 Å². The average Bonchev–Trinajstić information content (AvgIpc) is 3.49. The van der Waals surface area contributed by atoms with Gasteiger partial charge in [-0.3, -0.25) is 14.5 Å². The van der Waals surface area contributed by atoms with Crippen molar-refractivity contribution < 1.29 is 14.0 Å². The van der Waals surface area contributed by atoms with Crippen LogP contribution in [0.15, 0.2) is 66.9 Å². The van der Waals surface area contributed by atoms with Crippen LogP contribution in [0, 0.1) is 5.82 Å². The van der Waals surface area contributed by atoms with Crippen LogP contribution >= 0.6 is 0 Å². The van der Waals surface area contributed by atoms with Crippen LogP contribution in [-0.4, -0.2) is 37.4 Å². The zero-order chi connectivity index (χ0) is 25.1. The molecule has 5 rings (SSSR count). The lowest BCUT2D eigenvalue weighted by atomic mass is 9.95. The van der Waals surface area contributed by atoms with Gasteiger partial charge in [-0.2, -0.15) is 0 Å². The van der Waals surface area contributed by atoms with Gasteiger partial charge in [0.2, 0.25) is 11.8 Å². The molecule has 0 aliphatic heterocycles. The summed E-state index contributed by atoms with van der Waals surface area (Å²) in [5.41, 5.74) is 2.47. The fourth-order valence-electron chi connectivity index (χ4n) is 4.95. The molecule has 0 spiro atoms. The summed E-state index contributed by atoms with van der Waals surface area (Å²) in [5.74, 6) is -1.04. The second-order valence-electron chi connectivity index (χ2n) is 9.27. The quantitative estimate of drug-likeness (QED) is 0.424. The molecular formula is C27H29FN6O2. The molecule has 186 valence electrons. The first-order valence-electron chi connectivity index (χ1n) is 12.3. The number of rotatable bonds is 7. The molecular weight excluding hydrogens is 459 g/mol. The van der Waals surface area contributed by atoms with Crippen molar-refractivity contribution in [2.45, 2.75) is 50.7 Å². The molecule has 2 aromatic carbocycles. The second-order valence-corrected chi connectivity index (χ2v) is 9.27. The predicted molar refractivity (Wildman–Crippen MR) is 135 cm³/mol. The van der Waals surface area contributed by atoms with Crippen LogP contribution in [0.2, 0.25) is 0 Å². The third-order valence-electron chi connectivity index (χ3n) is 6.80. The lowest BCUT2D eigenvalue weighted by Crippen LogP contribution is -2.48. The van der Waals surface area contributed by atoms with Crippen molar-refractivity contribution in [2.24, 2.45) is 7.05 Å². The second kappa shape index (κ2) is 10.3. The number of para-hydroxylation sites is 1. The summed E-state index contributed by atoms with van der Waals surface area (Å²) < 4.78 is 17.2. The zero-order valence-electron chi connectivity index (χ0n) is 20.2. The maximum atomic E-state index is 13.9. The molecule has 1 aliphatic rings. The van der Waals surface area contributed by atoms with Crippen molar-refractivity contribution in [3.05, 3.63) is 78.4 Å². The SMILES string of the molecule is Cn1cccc1[C@@H](C(=O)NC1CCCCC1)N(C(=O)Cn1nnc2ccccc21)c1ccc(F)cc1. The third-order valence-corrected chi connectivity index (χ3v) is 6.80. The van der Waals surface area contributed by atoms with E-state index in [9.17, 15) is 14.0 Å². The van der Waals surface area contributed by atoms with Crippen LogP contribution in [0.25, 0.3) is 11.0 Å². The lowest BCUT2D eigenvalue weighted by Gasteiger charge is -2.33. The monoisotopic (exact) mass is 488 g/mol. The number of aryl methyl sites for hydroxylation is 1. The Morgan fingerprint density at radius 2 is 1.81 bits per heavy atom. The van der Waals surface area contributed by atoms with Gasteiger partial charge in [-0.1, -0.05) is 36.6 Å². The average molecular weight is 489 g/mol. The highest BCUT2D eigenvalue weighted by Crippen LogP contribution is 2.30. The lowest BCUT2D eigenvalue weighted by molar-refractivity contribution is -0.127. The van der Waals surface area contributed by atoms with Gasteiger partial charge in [0.1, 0.15) is 17.9 Å². The molecule has 0 unspecified atom stereocenters. The van der Waals surface area contributed by atoms with Crippen LogP contribution in [0.4, 0.5) is 10.1 Å². The summed E-state index contributed by atoms with van der Waals surface area (Å²) in [6.07, 6.45) is 6.98. The number of benzene rings is 2. The van der Waals surface area contributed by atoms with Gasteiger partial charge in [-0.05, 0) is 61.4 Å². The molecule has 1 aliphatic carbocycles. The molecule has 1 fully saturated rings. The standard InChI is InChI=1S/C27H29FN6O2/c1-32-17-7-12-24(32)26(27(36)29-20-8-3-2-4-9-20)34(21-15-13-19(28)14-16-21)25(35)18-33-23-11-6-5-10-22(23)30-31-33/h5-7,10-17,20,26H,2-4,8-9,18H2,1H3,(H,29,36)/t26-/m0/s1. The number of carbonyl (C=O) groups excluding carboxylic acids is 2. The number of nitrogens with zero attached hydrogens (tertiary/aromatic N) is 5. The number of hydrogen-bond acceptors (Lipinski definition) is 4. The summed E-state index contributed by atoms with van der Waals surface area (Å²) in [6.45, 7) is -0.129. The molecule has 4 aromatic rings. The van der Waals surface area contributed by atoms with E-state index >= 15 is 0 Å². The summed E-state index contributed by atoms with van der Waals surface area (Å²) in [6, 6.07) is 15.8. The van der Waals surface area contributed by atoms with Crippen molar-refractivity contribution >= 4 is 28.5 Å². The molecule has 2 amide bonds. The van der Waals surface area contributed by atoms with E-state index < -0.39 is 11.9 Å². The van der Waals surface area contributed by atoms with Gasteiger partial charge >= 0.3 is 0 Å². The molecule has 36 heavy (non-hydrogen) atoms. The molecule has 2 heterocycles. The van der Waals surface area contributed by atoms with Crippen LogP contribution in [0.3, 0.4) is 0 Å². The highest BCUT2D eigenvalue weighted by Gasteiger charge is 2.35. The Bertz CT molecular complexity index is 1360. The summed E-state index contributed by atoms with van der Waals surface area (Å²) in [4.78, 5) is 29.2. The van der Waals surface area contributed by atoms with E-state index in [1.807, 2.05) is 54.2 Å². The Kier molecular flexibility index (Phi) is 6.79. The molecule has 1 N–H and O–H groups in total.